The van der Waals surface area contributed by atoms with Crippen LogP contribution in [0.25, 0.3) is 0 Å². The van der Waals surface area contributed by atoms with Gasteiger partial charge >= 0.3 is 5.97 Å². The summed E-state index contributed by atoms with van der Waals surface area (Å²) in [6, 6.07) is 0. The summed E-state index contributed by atoms with van der Waals surface area (Å²) in [5, 5.41) is -0.512. The van der Waals surface area contributed by atoms with Crippen molar-refractivity contribution in [1.82, 2.24) is 0 Å². The van der Waals surface area contributed by atoms with Crippen LogP contribution in [0.3, 0.4) is 0 Å². The molecule has 1 rings (SSSR count). The largest absolute Gasteiger partial charge is 0.426 e. The first-order valence-electron chi connectivity index (χ1n) is 15.3. The number of benzene rings is 1. The van der Waals surface area contributed by atoms with Gasteiger partial charge in [0.1, 0.15) is 5.75 Å². The highest BCUT2D eigenvalue weighted by Gasteiger charge is 2.19. The Kier molecular flexibility index (Phi) is 16.5. The molecule has 1 aromatic rings. The molecule has 0 saturated heterocycles. The third-order valence-electron chi connectivity index (χ3n) is 8.61. The van der Waals surface area contributed by atoms with Crippen molar-refractivity contribution in [2.24, 2.45) is 23.7 Å². The lowest BCUT2D eigenvalue weighted by atomic mass is 9.87. The zero-order chi connectivity index (χ0) is 28.8. The van der Waals surface area contributed by atoms with Crippen LogP contribution in [0.4, 0.5) is 0 Å². The number of ether oxygens (including phenoxy) is 1. The van der Waals surface area contributed by atoms with E-state index in [1.165, 1.54) is 74.5 Å². The van der Waals surface area contributed by atoms with Gasteiger partial charge in [-0.3, -0.25) is 9.59 Å². The maximum Gasteiger partial charge on any atom is 0.311 e. The number of halogens is 1. The van der Waals surface area contributed by atoms with Crippen LogP contribution in [-0.2, 0) is 16.0 Å². The predicted octanol–water partition coefficient (Wildman–Crippen LogP) is 10.4. The molecular formula is C34H57ClO3. The maximum absolute atomic E-state index is 12.3. The molecule has 0 fully saturated rings. The Hall–Kier alpha value is -1.35. The normalized spacial score (nSPS) is 14.0. The van der Waals surface area contributed by atoms with Gasteiger partial charge in [-0.2, -0.15) is 0 Å². The molecule has 38 heavy (non-hydrogen) atoms. The fourth-order valence-electron chi connectivity index (χ4n) is 5.60. The Morgan fingerprint density at radius 2 is 1.11 bits per heavy atom. The summed E-state index contributed by atoms with van der Waals surface area (Å²) >= 11 is 5.39. The van der Waals surface area contributed by atoms with Gasteiger partial charge in [-0.05, 0) is 104 Å². The fraction of sp³-hybridized carbons (Fsp3) is 0.765. The summed E-state index contributed by atoms with van der Waals surface area (Å²) in [6.45, 7) is 20.2. The van der Waals surface area contributed by atoms with Crippen molar-refractivity contribution in [3.05, 3.63) is 27.8 Å². The van der Waals surface area contributed by atoms with E-state index in [1.807, 2.05) is 6.92 Å². The molecule has 0 aliphatic rings. The summed E-state index contributed by atoms with van der Waals surface area (Å²) in [5.74, 6) is 3.46. The van der Waals surface area contributed by atoms with Crippen LogP contribution in [-0.4, -0.2) is 11.2 Å². The highest BCUT2D eigenvalue weighted by molar-refractivity contribution is 6.63. The Bertz CT molecular complexity index is 873. The molecule has 0 aliphatic heterocycles. The molecule has 0 radical (unpaired) electrons. The van der Waals surface area contributed by atoms with E-state index in [0.29, 0.717) is 11.7 Å². The molecule has 0 aromatic heterocycles. The number of esters is 1. The van der Waals surface area contributed by atoms with Crippen molar-refractivity contribution < 1.29 is 14.3 Å². The van der Waals surface area contributed by atoms with Gasteiger partial charge < -0.3 is 4.74 Å². The Morgan fingerprint density at radius 1 is 0.632 bits per heavy atom. The van der Waals surface area contributed by atoms with Crippen LogP contribution in [0.15, 0.2) is 0 Å². The third kappa shape index (κ3) is 13.1. The van der Waals surface area contributed by atoms with E-state index < -0.39 is 11.2 Å². The molecule has 3 atom stereocenters. The zero-order valence-electron chi connectivity index (χ0n) is 26.1. The number of rotatable bonds is 19. The second-order valence-electron chi connectivity index (χ2n) is 12.7. The molecule has 0 spiro atoms. The standard InChI is InChI=1S/C34H57ClO3/c1-23(2)13-10-14-24(3)15-11-16-25(4)17-12-18-26(5)19-20-31-28(7)27(6)29(8)34(30(31)9)38-33(37)22-21-32(35)36/h23-26H,10-22H2,1-9H3/t24-,25-,26-/m1/s1. The number of hydrogen-bond donors (Lipinski definition) is 0. The zero-order valence-corrected chi connectivity index (χ0v) is 26.9. The third-order valence-corrected chi connectivity index (χ3v) is 8.80. The minimum Gasteiger partial charge on any atom is -0.426 e. The van der Waals surface area contributed by atoms with Crippen LogP contribution in [0, 0.1) is 51.4 Å². The first kappa shape index (κ1) is 34.7. The van der Waals surface area contributed by atoms with E-state index in [9.17, 15) is 9.59 Å². The van der Waals surface area contributed by atoms with Gasteiger partial charge in [0.05, 0.1) is 6.42 Å². The van der Waals surface area contributed by atoms with E-state index >= 15 is 0 Å². The highest BCUT2D eigenvalue weighted by atomic mass is 35.5. The van der Waals surface area contributed by atoms with Crippen LogP contribution in [0.1, 0.15) is 139 Å². The lowest BCUT2D eigenvalue weighted by Crippen LogP contribution is -2.13. The van der Waals surface area contributed by atoms with Crippen molar-refractivity contribution >= 4 is 22.8 Å². The summed E-state index contributed by atoms with van der Waals surface area (Å²) in [6.07, 6.45) is 14.3. The Labute approximate surface area is 239 Å². The van der Waals surface area contributed by atoms with Crippen molar-refractivity contribution in [3.63, 3.8) is 0 Å². The van der Waals surface area contributed by atoms with Gasteiger partial charge in [-0.1, -0.05) is 92.4 Å². The van der Waals surface area contributed by atoms with Crippen LogP contribution < -0.4 is 4.74 Å². The molecule has 4 heteroatoms. The van der Waals surface area contributed by atoms with E-state index in [2.05, 4.69) is 55.4 Å². The summed E-state index contributed by atoms with van der Waals surface area (Å²) in [7, 11) is 0. The van der Waals surface area contributed by atoms with Crippen molar-refractivity contribution in [2.75, 3.05) is 0 Å². The molecule has 218 valence electrons. The lowest BCUT2D eigenvalue weighted by Gasteiger charge is -2.21. The summed E-state index contributed by atoms with van der Waals surface area (Å²) in [5.41, 5.74) is 5.83. The van der Waals surface area contributed by atoms with Crippen LogP contribution in [0.5, 0.6) is 5.75 Å². The summed E-state index contributed by atoms with van der Waals surface area (Å²) in [4.78, 5) is 23.3. The van der Waals surface area contributed by atoms with E-state index in [1.54, 1.807) is 0 Å². The van der Waals surface area contributed by atoms with E-state index in [0.717, 1.165) is 41.7 Å². The van der Waals surface area contributed by atoms with Gasteiger partial charge in [0, 0.05) is 6.42 Å². The smallest absolute Gasteiger partial charge is 0.311 e. The molecule has 0 heterocycles. The second-order valence-corrected chi connectivity index (χ2v) is 13.1. The maximum atomic E-state index is 12.3. The molecule has 3 nitrogen and oxygen atoms in total. The first-order chi connectivity index (χ1) is 17.8. The van der Waals surface area contributed by atoms with Crippen molar-refractivity contribution in [2.45, 2.75) is 146 Å². The summed E-state index contributed by atoms with van der Waals surface area (Å²) < 4.78 is 5.73. The van der Waals surface area contributed by atoms with Crippen molar-refractivity contribution in [1.29, 1.82) is 0 Å². The van der Waals surface area contributed by atoms with Crippen molar-refractivity contribution in [3.8, 4) is 5.75 Å². The Morgan fingerprint density at radius 3 is 1.58 bits per heavy atom. The molecule has 0 aliphatic carbocycles. The first-order valence-corrected chi connectivity index (χ1v) is 15.7. The van der Waals surface area contributed by atoms with Gasteiger partial charge in [-0.25, -0.2) is 0 Å². The molecule has 1 aromatic carbocycles. The molecule has 0 bridgehead atoms. The van der Waals surface area contributed by atoms with E-state index in [-0.39, 0.29) is 12.8 Å². The molecule has 0 unspecified atom stereocenters. The second kappa shape index (κ2) is 18.1. The number of carbonyl (C=O) groups is 2. The van der Waals surface area contributed by atoms with Gasteiger partial charge in [0.2, 0.25) is 5.24 Å². The molecule has 0 N–H and O–H groups in total. The van der Waals surface area contributed by atoms with Crippen LogP contribution >= 0.6 is 11.6 Å². The van der Waals surface area contributed by atoms with E-state index in [4.69, 9.17) is 16.3 Å². The fourth-order valence-corrected chi connectivity index (χ4v) is 5.69. The average Bonchev–Trinajstić information content (AvgIpc) is 2.83. The SMILES string of the molecule is Cc1c(C)c(CC[C@H](C)CCC[C@H](C)CCC[C@H](C)CCCC(C)C)c(C)c(OC(=O)CCC(=O)Cl)c1C. The predicted molar refractivity (Wildman–Crippen MR) is 163 cm³/mol. The minimum atomic E-state index is -0.512. The van der Waals surface area contributed by atoms with Gasteiger partial charge in [0.25, 0.3) is 0 Å². The van der Waals surface area contributed by atoms with Crippen LogP contribution in [0.2, 0.25) is 0 Å². The average molecular weight is 549 g/mol. The molecule has 0 amide bonds. The quantitative estimate of drug-likeness (QED) is 0.0980. The van der Waals surface area contributed by atoms with Gasteiger partial charge in [-0.15, -0.1) is 0 Å². The Balaban J connectivity index is 2.50. The highest BCUT2D eigenvalue weighted by Crippen LogP contribution is 2.34. The lowest BCUT2D eigenvalue weighted by molar-refractivity contribution is -0.135. The molecule has 0 saturated carbocycles. The van der Waals surface area contributed by atoms with Gasteiger partial charge in [0.15, 0.2) is 0 Å². The number of hydrogen-bond acceptors (Lipinski definition) is 3. The monoisotopic (exact) mass is 548 g/mol. The number of carbonyl (C=O) groups excluding carboxylic acids is 2. The topological polar surface area (TPSA) is 43.4 Å². The minimum absolute atomic E-state index is 0.00385. The molecular weight excluding hydrogens is 492 g/mol.